The third kappa shape index (κ3) is 3.50. The van der Waals surface area contributed by atoms with Gasteiger partial charge in [-0.15, -0.1) is 0 Å². The molecule has 0 amide bonds. The summed E-state index contributed by atoms with van der Waals surface area (Å²) in [6, 6.07) is 4.50. The Bertz CT molecular complexity index is 735. The zero-order valence-electron chi connectivity index (χ0n) is 12.2. The molecule has 0 aliphatic heterocycles. The van der Waals surface area contributed by atoms with Crippen LogP contribution in [0.2, 0.25) is 0 Å². The average molecular weight is 289 g/mol. The van der Waals surface area contributed by atoms with Gasteiger partial charge in [-0.25, -0.2) is 4.68 Å². The lowest BCUT2D eigenvalue weighted by Crippen LogP contribution is -2.29. The maximum absolute atomic E-state index is 12.0. The van der Waals surface area contributed by atoms with Crippen LogP contribution in [0.1, 0.15) is 6.92 Å². The van der Waals surface area contributed by atoms with E-state index in [4.69, 9.17) is 5.73 Å². The standard InChI is InChI=1S/C14H19N5O2/c1-3-17(2)12-8-14(21)19(16-9-12)7-6-18-10-11(15)4-5-13(18)20/h4-5,8-10H,3,6-7,15H2,1-2H3. The third-order valence-electron chi connectivity index (χ3n) is 3.33. The van der Waals surface area contributed by atoms with Crippen molar-refractivity contribution in [2.75, 3.05) is 24.2 Å². The highest BCUT2D eigenvalue weighted by atomic mass is 16.1. The summed E-state index contributed by atoms with van der Waals surface area (Å²) in [4.78, 5) is 25.6. The van der Waals surface area contributed by atoms with E-state index in [0.29, 0.717) is 18.8 Å². The van der Waals surface area contributed by atoms with Gasteiger partial charge in [0.25, 0.3) is 11.1 Å². The summed E-state index contributed by atoms with van der Waals surface area (Å²) in [6.07, 6.45) is 3.21. The van der Waals surface area contributed by atoms with E-state index in [-0.39, 0.29) is 11.1 Å². The Labute approximate surface area is 122 Å². The quantitative estimate of drug-likeness (QED) is 0.846. The summed E-state index contributed by atoms with van der Waals surface area (Å²) < 4.78 is 2.80. The maximum Gasteiger partial charge on any atom is 0.268 e. The first-order chi connectivity index (χ1) is 10.0. The second-order valence-corrected chi connectivity index (χ2v) is 4.78. The average Bonchev–Trinajstić information content (AvgIpc) is 2.48. The zero-order valence-corrected chi connectivity index (χ0v) is 12.2. The summed E-state index contributed by atoms with van der Waals surface area (Å²) in [5, 5.41) is 4.13. The monoisotopic (exact) mass is 289 g/mol. The van der Waals surface area contributed by atoms with E-state index >= 15 is 0 Å². The Balaban J connectivity index is 2.15. The van der Waals surface area contributed by atoms with Crippen molar-refractivity contribution < 1.29 is 0 Å². The summed E-state index contributed by atoms with van der Waals surface area (Å²) in [7, 11) is 1.90. The predicted molar refractivity (Wildman–Crippen MR) is 82.6 cm³/mol. The van der Waals surface area contributed by atoms with Crippen molar-refractivity contribution in [1.29, 1.82) is 0 Å². The van der Waals surface area contributed by atoms with Crippen LogP contribution in [-0.4, -0.2) is 27.9 Å². The minimum Gasteiger partial charge on any atom is -0.398 e. The van der Waals surface area contributed by atoms with Gasteiger partial charge in [-0.05, 0) is 13.0 Å². The van der Waals surface area contributed by atoms with Crippen LogP contribution in [0.3, 0.4) is 0 Å². The van der Waals surface area contributed by atoms with Gasteiger partial charge in [-0.3, -0.25) is 9.59 Å². The molecule has 0 saturated carbocycles. The maximum atomic E-state index is 12.0. The molecule has 0 atom stereocenters. The van der Waals surface area contributed by atoms with Gasteiger partial charge < -0.3 is 15.2 Å². The molecule has 0 unspecified atom stereocenters. The highest BCUT2D eigenvalue weighted by molar-refractivity contribution is 5.41. The van der Waals surface area contributed by atoms with E-state index in [1.807, 2.05) is 18.9 Å². The molecule has 2 aromatic heterocycles. The molecule has 2 rings (SSSR count). The van der Waals surface area contributed by atoms with Crippen molar-refractivity contribution in [1.82, 2.24) is 14.3 Å². The molecule has 0 radical (unpaired) electrons. The van der Waals surface area contributed by atoms with E-state index in [9.17, 15) is 9.59 Å². The Morgan fingerprint density at radius 2 is 2.00 bits per heavy atom. The van der Waals surface area contributed by atoms with Gasteiger partial charge in [-0.2, -0.15) is 5.10 Å². The normalized spacial score (nSPS) is 10.6. The van der Waals surface area contributed by atoms with Crippen LogP contribution < -0.4 is 21.8 Å². The van der Waals surface area contributed by atoms with E-state index in [1.54, 1.807) is 24.5 Å². The van der Waals surface area contributed by atoms with Crippen molar-refractivity contribution in [3.63, 3.8) is 0 Å². The summed E-state index contributed by atoms with van der Waals surface area (Å²) in [5.74, 6) is 0. The van der Waals surface area contributed by atoms with Crippen LogP contribution in [-0.2, 0) is 13.1 Å². The molecule has 0 saturated heterocycles. The highest BCUT2D eigenvalue weighted by Crippen LogP contribution is 2.05. The fraction of sp³-hybridized carbons (Fsp3) is 0.357. The first-order valence-electron chi connectivity index (χ1n) is 6.75. The van der Waals surface area contributed by atoms with Crippen LogP contribution in [0.15, 0.2) is 40.2 Å². The number of hydrogen-bond donors (Lipinski definition) is 1. The fourth-order valence-corrected chi connectivity index (χ4v) is 1.91. The number of nitrogen functional groups attached to an aromatic ring is 1. The van der Waals surface area contributed by atoms with Crippen molar-refractivity contribution >= 4 is 11.4 Å². The van der Waals surface area contributed by atoms with Gasteiger partial charge in [0.1, 0.15) is 0 Å². The first-order valence-corrected chi connectivity index (χ1v) is 6.75. The minimum absolute atomic E-state index is 0.153. The van der Waals surface area contributed by atoms with Crippen molar-refractivity contribution in [3.8, 4) is 0 Å². The largest absolute Gasteiger partial charge is 0.398 e. The van der Waals surface area contributed by atoms with Crippen molar-refractivity contribution in [3.05, 3.63) is 51.3 Å². The topological polar surface area (TPSA) is 86.2 Å². The van der Waals surface area contributed by atoms with Gasteiger partial charge in [0, 0.05) is 44.2 Å². The smallest absolute Gasteiger partial charge is 0.268 e. The van der Waals surface area contributed by atoms with E-state index in [1.165, 1.54) is 15.3 Å². The van der Waals surface area contributed by atoms with Gasteiger partial charge in [0.2, 0.25) is 0 Å². The summed E-state index contributed by atoms with van der Waals surface area (Å²) in [5.41, 5.74) is 6.59. The molecule has 7 heteroatoms. The number of aryl methyl sites for hydroxylation is 2. The zero-order chi connectivity index (χ0) is 15.4. The van der Waals surface area contributed by atoms with E-state index in [2.05, 4.69) is 5.10 Å². The molecule has 2 N–H and O–H groups in total. The number of pyridine rings is 1. The first kappa shape index (κ1) is 14.8. The van der Waals surface area contributed by atoms with Crippen LogP contribution in [0, 0.1) is 0 Å². The van der Waals surface area contributed by atoms with E-state index < -0.39 is 0 Å². The van der Waals surface area contributed by atoms with E-state index in [0.717, 1.165) is 12.2 Å². The van der Waals surface area contributed by atoms with Gasteiger partial charge in [0.05, 0.1) is 18.4 Å². The molecule has 0 fully saturated rings. The Hall–Kier alpha value is -2.57. The minimum atomic E-state index is -0.190. The number of nitrogens with zero attached hydrogens (tertiary/aromatic N) is 4. The molecular formula is C14H19N5O2. The molecule has 2 aromatic rings. The number of rotatable bonds is 5. The second kappa shape index (κ2) is 6.25. The highest BCUT2D eigenvalue weighted by Gasteiger charge is 2.04. The number of anilines is 2. The van der Waals surface area contributed by atoms with Crippen LogP contribution >= 0.6 is 0 Å². The van der Waals surface area contributed by atoms with Gasteiger partial charge in [0.15, 0.2) is 0 Å². The Morgan fingerprint density at radius 3 is 2.67 bits per heavy atom. The second-order valence-electron chi connectivity index (χ2n) is 4.78. The molecule has 0 bridgehead atoms. The van der Waals surface area contributed by atoms with Crippen LogP contribution in [0.5, 0.6) is 0 Å². The molecule has 21 heavy (non-hydrogen) atoms. The molecule has 112 valence electrons. The molecular weight excluding hydrogens is 270 g/mol. The number of aromatic nitrogens is 3. The van der Waals surface area contributed by atoms with Crippen LogP contribution in [0.4, 0.5) is 11.4 Å². The van der Waals surface area contributed by atoms with Crippen LogP contribution in [0.25, 0.3) is 0 Å². The molecule has 2 heterocycles. The SMILES string of the molecule is CCN(C)c1cnn(CCn2cc(N)ccc2=O)c(=O)c1. The third-order valence-corrected chi connectivity index (χ3v) is 3.33. The predicted octanol–water partition coefficient (Wildman–Crippen LogP) is 0.144. The summed E-state index contributed by atoms with van der Waals surface area (Å²) in [6.45, 7) is 3.46. The molecule has 0 aromatic carbocycles. The lowest BCUT2D eigenvalue weighted by Gasteiger charge is -2.16. The molecule has 0 aliphatic carbocycles. The fourth-order valence-electron chi connectivity index (χ4n) is 1.91. The van der Waals surface area contributed by atoms with Gasteiger partial charge >= 0.3 is 0 Å². The Morgan fingerprint density at radius 1 is 1.24 bits per heavy atom. The lowest BCUT2D eigenvalue weighted by atomic mass is 10.4. The molecule has 0 spiro atoms. The molecule has 7 nitrogen and oxygen atoms in total. The van der Waals surface area contributed by atoms with Crippen molar-refractivity contribution in [2.45, 2.75) is 20.0 Å². The number of hydrogen-bond acceptors (Lipinski definition) is 5. The van der Waals surface area contributed by atoms with Gasteiger partial charge in [-0.1, -0.05) is 0 Å². The lowest BCUT2D eigenvalue weighted by molar-refractivity contribution is 0.503. The summed E-state index contributed by atoms with van der Waals surface area (Å²) >= 11 is 0. The van der Waals surface area contributed by atoms with Crippen molar-refractivity contribution in [2.24, 2.45) is 0 Å². The Kier molecular flexibility index (Phi) is 4.42. The number of nitrogens with two attached hydrogens (primary N) is 1. The molecule has 0 aliphatic rings.